The first-order chi connectivity index (χ1) is 7.32. The third kappa shape index (κ3) is 2.31. The minimum absolute atomic E-state index is 0.155. The molecule has 1 fully saturated rings. The second-order valence-electron chi connectivity index (χ2n) is 4.35. The third-order valence-electron chi connectivity index (χ3n) is 2.66. The Morgan fingerprint density at radius 3 is 2.56 bits per heavy atom. The molecule has 2 rings (SSSR count). The Bertz CT molecular complexity index is 524. The molecule has 16 heavy (non-hydrogen) atoms. The average molecular weight is 261 g/mol. The molecule has 0 radical (unpaired) electrons. The van der Waals surface area contributed by atoms with Crippen LogP contribution in [0.4, 0.5) is 5.69 Å². The summed E-state index contributed by atoms with van der Waals surface area (Å²) < 4.78 is 26.5. The highest BCUT2D eigenvalue weighted by atomic mass is 35.5. The van der Waals surface area contributed by atoms with Crippen molar-refractivity contribution in [2.24, 2.45) is 0 Å². The van der Waals surface area contributed by atoms with Crippen LogP contribution in [0, 0.1) is 0 Å². The Balaban J connectivity index is 2.32. The van der Waals surface area contributed by atoms with Crippen LogP contribution in [0.3, 0.4) is 0 Å². The number of hydrogen-bond donors (Lipinski definition) is 2. The molecule has 0 atom stereocenters. The van der Waals surface area contributed by atoms with E-state index in [2.05, 4.69) is 4.72 Å². The Hall–Kier alpha value is -0.780. The van der Waals surface area contributed by atoms with Crippen LogP contribution in [0.1, 0.15) is 19.8 Å². The highest BCUT2D eigenvalue weighted by Crippen LogP contribution is 2.36. The number of halogens is 1. The number of rotatable bonds is 3. The number of nitrogens with one attached hydrogen (secondary N) is 1. The number of sulfonamides is 1. The van der Waals surface area contributed by atoms with Gasteiger partial charge in [0.1, 0.15) is 0 Å². The molecule has 6 heteroatoms. The lowest BCUT2D eigenvalue weighted by Crippen LogP contribution is -2.34. The van der Waals surface area contributed by atoms with Gasteiger partial charge in [-0.05, 0) is 38.0 Å². The van der Waals surface area contributed by atoms with E-state index in [4.69, 9.17) is 17.3 Å². The van der Waals surface area contributed by atoms with E-state index in [1.54, 1.807) is 0 Å². The fourth-order valence-electron chi connectivity index (χ4n) is 1.36. The van der Waals surface area contributed by atoms with Crippen LogP contribution in [-0.2, 0) is 10.0 Å². The lowest BCUT2D eigenvalue weighted by Gasteiger charge is -2.12. The van der Waals surface area contributed by atoms with Crippen molar-refractivity contribution >= 4 is 27.3 Å². The van der Waals surface area contributed by atoms with Crippen LogP contribution in [0.2, 0.25) is 5.02 Å². The quantitative estimate of drug-likeness (QED) is 0.814. The molecule has 0 saturated heterocycles. The summed E-state index contributed by atoms with van der Waals surface area (Å²) >= 11 is 5.74. The molecule has 88 valence electrons. The maximum Gasteiger partial charge on any atom is 0.241 e. The van der Waals surface area contributed by atoms with Crippen molar-refractivity contribution in [3.63, 3.8) is 0 Å². The Morgan fingerprint density at radius 1 is 1.44 bits per heavy atom. The van der Waals surface area contributed by atoms with Gasteiger partial charge in [-0.25, -0.2) is 13.1 Å². The van der Waals surface area contributed by atoms with E-state index in [1.807, 2.05) is 6.92 Å². The smallest absolute Gasteiger partial charge is 0.241 e. The SMILES string of the molecule is CC1(NS(=O)(=O)c2ccc(Cl)c(N)c2)CC1. The molecule has 0 amide bonds. The molecule has 3 N–H and O–H groups in total. The van der Waals surface area contributed by atoms with E-state index in [-0.39, 0.29) is 16.1 Å². The summed E-state index contributed by atoms with van der Waals surface area (Å²) in [5, 5.41) is 0.358. The maximum atomic E-state index is 11.9. The number of anilines is 1. The van der Waals surface area contributed by atoms with Crippen LogP contribution in [-0.4, -0.2) is 14.0 Å². The molecule has 1 aliphatic rings. The van der Waals surface area contributed by atoms with Gasteiger partial charge < -0.3 is 5.73 Å². The van der Waals surface area contributed by atoms with Crippen molar-refractivity contribution in [2.75, 3.05) is 5.73 Å². The largest absolute Gasteiger partial charge is 0.397 e. The summed E-state index contributed by atoms with van der Waals surface area (Å²) in [5.74, 6) is 0. The number of nitrogens with two attached hydrogens (primary N) is 1. The van der Waals surface area contributed by atoms with E-state index in [1.165, 1.54) is 18.2 Å². The minimum atomic E-state index is -3.48. The normalized spacial score (nSPS) is 18.4. The molecule has 0 aromatic heterocycles. The summed E-state index contributed by atoms with van der Waals surface area (Å²) in [6, 6.07) is 4.31. The van der Waals surface area contributed by atoms with Crippen LogP contribution in [0.25, 0.3) is 0 Å². The van der Waals surface area contributed by atoms with Gasteiger partial charge in [-0.2, -0.15) is 0 Å². The lowest BCUT2D eigenvalue weighted by molar-refractivity contribution is 0.558. The van der Waals surface area contributed by atoms with Crippen LogP contribution in [0.5, 0.6) is 0 Å². The highest BCUT2D eigenvalue weighted by molar-refractivity contribution is 7.89. The molecule has 0 heterocycles. The van der Waals surface area contributed by atoms with Gasteiger partial charge in [0.05, 0.1) is 15.6 Å². The molecular formula is C10H13ClN2O2S. The van der Waals surface area contributed by atoms with E-state index >= 15 is 0 Å². The summed E-state index contributed by atoms with van der Waals surface area (Å²) in [6.45, 7) is 1.88. The van der Waals surface area contributed by atoms with Gasteiger partial charge in [-0.1, -0.05) is 11.6 Å². The van der Waals surface area contributed by atoms with Gasteiger partial charge in [0.2, 0.25) is 10.0 Å². The first-order valence-corrected chi connectivity index (χ1v) is 6.78. The molecule has 0 spiro atoms. The molecule has 1 aromatic carbocycles. The molecule has 1 aromatic rings. The molecule has 0 bridgehead atoms. The highest BCUT2D eigenvalue weighted by Gasteiger charge is 2.41. The number of benzene rings is 1. The molecule has 0 aliphatic heterocycles. The fourth-order valence-corrected chi connectivity index (χ4v) is 2.98. The zero-order valence-corrected chi connectivity index (χ0v) is 10.4. The van der Waals surface area contributed by atoms with Crippen LogP contribution < -0.4 is 10.5 Å². The standard InChI is InChI=1S/C10H13ClN2O2S/c1-10(4-5-10)13-16(14,15)7-2-3-8(11)9(12)6-7/h2-3,6,13H,4-5,12H2,1H3. The van der Waals surface area contributed by atoms with Crippen LogP contribution >= 0.6 is 11.6 Å². The molecule has 0 unspecified atom stereocenters. The summed E-state index contributed by atoms with van der Waals surface area (Å²) in [6.07, 6.45) is 1.74. The predicted molar refractivity (Wildman–Crippen MR) is 63.8 cm³/mol. The van der Waals surface area contributed by atoms with Gasteiger partial charge >= 0.3 is 0 Å². The topological polar surface area (TPSA) is 72.2 Å². The van der Waals surface area contributed by atoms with Gasteiger partial charge in [0, 0.05) is 5.54 Å². The van der Waals surface area contributed by atoms with Gasteiger partial charge in [0.15, 0.2) is 0 Å². The first kappa shape index (κ1) is 11.7. The van der Waals surface area contributed by atoms with Crippen LogP contribution in [0.15, 0.2) is 23.1 Å². The zero-order valence-electron chi connectivity index (χ0n) is 8.83. The van der Waals surface area contributed by atoms with Crippen molar-refractivity contribution < 1.29 is 8.42 Å². The Labute approximate surface area is 99.8 Å². The zero-order chi connectivity index (χ0) is 12.0. The second-order valence-corrected chi connectivity index (χ2v) is 6.44. The maximum absolute atomic E-state index is 11.9. The van der Waals surface area contributed by atoms with Crippen molar-refractivity contribution in [1.29, 1.82) is 0 Å². The summed E-state index contributed by atoms with van der Waals surface area (Å²) in [5.41, 5.74) is 5.56. The van der Waals surface area contributed by atoms with E-state index < -0.39 is 10.0 Å². The predicted octanol–water partition coefficient (Wildman–Crippen LogP) is 1.75. The number of hydrogen-bond acceptors (Lipinski definition) is 3. The molecule has 1 aliphatic carbocycles. The van der Waals surface area contributed by atoms with E-state index in [0.29, 0.717) is 5.02 Å². The Morgan fingerprint density at radius 2 is 2.06 bits per heavy atom. The molecular weight excluding hydrogens is 248 g/mol. The van der Waals surface area contributed by atoms with Crippen molar-refractivity contribution in [1.82, 2.24) is 4.72 Å². The van der Waals surface area contributed by atoms with Gasteiger partial charge in [-0.15, -0.1) is 0 Å². The second kappa shape index (κ2) is 3.61. The monoisotopic (exact) mass is 260 g/mol. The fraction of sp³-hybridized carbons (Fsp3) is 0.400. The van der Waals surface area contributed by atoms with Crippen molar-refractivity contribution in [3.05, 3.63) is 23.2 Å². The van der Waals surface area contributed by atoms with E-state index in [9.17, 15) is 8.42 Å². The van der Waals surface area contributed by atoms with Gasteiger partial charge in [0.25, 0.3) is 0 Å². The number of nitrogen functional groups attached to an aromatic ring is 1. The Kier molecular flexibility index (Phi) is 2.64. The van der Waals surface area contributed by atoms with Gasteiger partial charge in [-0.3, -0.25) is 0 Å². The average Bonchev–Trinajstić information content (AvgIpc) is 2.86. The summed E-state index contributed by atoms with van der Waals surface area (Å²) in [4.78, 5) is 0.155. The molecule has 4 nitrogen and oxygen atoms in total. The minimum Gasteiger partial charge on any atom is -0.397 e. The third-order valence-corrected chi connectivity index (χ3v) is 4.64. The lowest BCUT2D eigenvalue weighted by atomic mass is 10.3. The summed E-state index contributed by atoms with van der Waals surface area (Å²) in [7, 11) is -3.48. The van der Waals surface area contributed by atoms with Crippen molar-refractivity contribution in [2.45, 2.75) is 30.2 Å². The van der Waals surface area contributed by atoms with Crippen molar-refractivity contribution in [3.8, 4) is 0 Å². The molecule has 1 saturated carbocycles. The first-order valence-electron chi connectivity index (χ1n) is 4.91. The van der Waals surface area contributed by atoms with E-state index in [0.717, 1.165) is 12.8 Å².